The highest BCUT2D eigenvalue weighted by atomic mass is 32.1. The first kappa shape index (κ1) is 65.0. The Morgan fingerprint density at radius 2 is 1.49 bits per heavy atom. The number of carbonyl (C=O) groups is 4. The lowest BCUT2D eigenvalue weighted by atomic mass is 9.77. The van der Waals surface area contributed by atoms with Crippen LogP contribution in [0.4, 0.5) is 11.5 Å². The molecule has 3 aromatic carbocycles. The van der Waals surface area contributed by atoms with Gasteiger partial charge in [0.1, 0.15) is 36.2 Å². The number of amides is 3. The number of aromatic nitrogens is 5. The molecule has 2 fully saturated rings. The number of aliphatic hydroxyl groups is 1. The molecule has 5 heterocycles. The molecule has 0 aliphatic carbocycles. The number of Topliss-reactive ketones (excluding diaryl/α,β-unsaturated/α-hetero) is 1. The second kappa shape index (κ2) is 32.6. The van der Waals surface area contributed by atoms with Crippen LogP contribution in [0.25, 0.3) is 32.7 Å². The monoisotopic (exact) mass is 1200 g/mol. The Bertz CT molecular complexity index is 3140. The molecule has 0 saturated carbocycles. The summed E-state index contributed by atoms with van der Waals surface area (Å²) >= 11 is 1.58. The number of ether oxygens (including phenoxy) is 6. The molecule has 22 heteroatoms. The van der Waals surface area contributed by atoms with Gasteiger partial charge in [-0.2, -0.15) is 5.10 Å². The van der Waals surface area contributed by atoms with Crippen molar-refractivity contribution in [2.75, 3.05) is 103 Å². The molecule has 0 bridgehead atoms. The summed E-state index contributed by atoms with van der Waals surface area (Å²) < 4.78 is 36.4. The number of ketones is 1. The lowest BCUT2D eigenvalue weighted by Crippen LogP contribution is -2.50. The van der Waals surface area contributed by atoms with Crippen molar-refractivity contribution in [2.45, 2.75) is 104 Å². The van der Waals surface area contributed by atoms with E-state index < -0.39 is 23.5 Å². The Morgan fingerprint density at radius 1 is 0.826 bits per heavy atom. The van der Waals surface area contributed by atoms with Crippen molar-refractivity contribution in [1.82, 2.24) is 39.8 Å². The first-order valence-corrected chi connectivity index (χ1v) is 30.7. The summed E-state index contributed by atoms with van der Waals surface area (Å²) in [5.41, 5.74) is 13.2. The Morgan fingerprint density at radius 3 is 2.15 bits per heavy atom. The van der Waals surface area contributed by atoms with E-state index in [4.69, 9.17) is 39.3 Å². The zero-order chi connectivity index (χ0) is 60.8. The molecule has 5 N–H and O–H groups in total. The number of nitrogens with one attached hydrogen (secondary N) is 2. The van der Waals surface area contributed by atoms with Crippen molar-refractivity contribution in [2.24, 2.45) is 11.3 Å². The number of β-amino-alcohol motifs (C(OH)–C–C–N with tert-alkyl or cyclic N) is 1. The Hall–Kier alpha value is -7.02. The maximum Gasteiger partial charge on any atom is 0.247 e. The Kier molecular flexibility index (Phi) is 24.7. The Labute approximate surface area is 507 Å². The number of carbonyl (C=O) groups excluding carboxylic acids is 4. The summed E-state index contributed by atoms with van der Waals surface area (Å²) in [5, 5.41) is 22.2. The second-order valence-electron chi connectivity index (χ2n) is 22.8. The molecule has 3 amide bonds. The molecule has 462 valence electrons. The number of benzene rings is 3. The van der Waals surface area contributed by atoms with Gasteiger partial charge in [0.05, 0.1) is 92.2 Å². The van der Waals surface area contributed by atoms with Crippen LogP contribution in [-0.4, -0.2) is 168 Å². The first-order chi connectivity index (χ1) is 41.7. The summed E-state index contributed by atoms with van der Waals surface area (Å²) in [5.74, 6) is -0.540. The van der Waals surface area contributed by atoms with Crippen LogP contribution in [0.2, 0.25) is 0 Å². The fourth-order valence-corrected chi connectivity index (χ4v) is 11.5. The third-order valence-electron chi connectivity index (χ3n) is 15.4. The number of anilines is 2. The topological polar surface area (TPSA) is 257 Å². The van der Waals surface area contributed by atoms with Gasteiger partial charge in [-0.3, -0.25) is 19.2 Å². The molecule has 8 rings (SSSR count). The third-order valence-corrected chi connectivity index (χ3v) is 16.4. The predicted octanol–water partition coefficient (Wildman–Crippen LogP) is 8.60. The van der Waals surface area contributed by atoms with Gasteiger partial charge in [0.2, 0.25) is 17.7 Å². The molecule has 3 aromatic heterocycles. The predicted molar refractivity (Wildman–Crippen MR) is 331 cm³/mol. The van der Waals surface area contributed by atoms with Gasteiger partial charge in [-0.25, -0.2) is 19.6 Å². The number of aryl methyl sites for hydroxylation is 1. The zero-order valence-corrected chi connectivity index (χ0v) is 50.9. The fourth-order valence-electron chi connectivity index (χ4n) is 10.7. The van der Waals surface area contributed by atoms with Crippen LogP contribution in [0.3, 0.4) is 0 Å². The van der Waals surface area contributed by atoms with Gasteiger partial charge in [0.15, 0.2) is 17.2 Å². The number of nitrogen functional groups attached to an aromatic ring is 1. The van der Waals surface area contributed by atoms with E-state index in [1.807, 2.05) is 105 Å². The fraction of sp³-hybridized carbons (Fsp3) is 0.500. The number of likely N-dealkylation sites (tertiary alicyclic amines) is 2. The standard InChI is InChI=1S/C64H84N10O11S/c1-6-56(77)70-53-36-47(20-21-55(53)85-51-14-10-9-11-15-51)58-57-60(65)67-42-68-61(57)74(71-58)48-22-25-72(26-23-48)24-12-7-8-13-27-80-28-29-81-30-31-82-32-33-83-34-35-84-41-50(76)37-52(64(3,4)5)63(79)73-40-49(75)38-54(73)62(78)66-39-45-16-18-46(19-17-45)59-44(2)69-43-86-59/h6,9-11,14-21,36,42-43,48-49,52,54,75H,1,7-8,12-13,22-35,37-41H2,2-5H3,(H,66,78)(H,70,77)(H2,65,67,68)/t49-,52-,54+/m1/s1. The molecule has 21 nitrogen and oxygen atoms in total. The molecule has 0 radical (unpaired) electrons. The SMILES string of the molecule is C=CC(=O)Nc1cc(-c2nn(C3CCN(CCCCCCOCCOCCOCCOCCOCC(=O)C[C@H](C(=O)N4C[C@H](O)C[C@H]4C(=O)NCc4ccc(-c5scnc5C)cc4)C(C)(C)C)CC3)c3ncnc(N)c23)ccc1Oc1ccccc1. The molecule has 86 heavy (non-hydrogen) atoms. The number of piperidine rings is 1. The average Bonchev–Trinajstić information content (AvgIpc) is 2.17. The molecule has 0 spiro atoms. The minimum Gasteiger partial charge on any atom is -0.455 e. The lowest BCUT2D eigenvalue weighted by Gasteiger charge is -2.34. The van der Waals surface area contributed by atoms with Gasteiger partial charge >= 0.3 is 0 Å². The number of hydrogen-bond donors (Lipinski definition) is 4. The molecule has 2 aliphatic rings. The summed E-state index contributed by atoms with van der Waals surface area (Å²) in [6.45, 7) is 18.2. The number of hydrogen-bond acceptors (Lipinski definition) is 18. The van der Waals surface area contributed by atoms with E-state index in [9.17, 15) is 24.3 Å². The van der Waals surface area contributed by atoms with Crippen molar-refractivity contribution < 1.29 is 52.7 Å². The van der Waals surface area contributed by atoms with E-state index in [1.165, 1.54) is 17.3 Å². The van der Waals surface area contributed by atoms with Crippen molar-refractivity contribution >= 4 is 57.4 Å². The van der Waals surface area contributed by atoms with Crippen LogP contribution >= 0.6 is 11.3 Å². The maximum absolute atomic E-state index is 14.0. The zero-order valence-electron chi connectivity index (χ0n) is 50.1. The molecule has 3 atom stereocenters. The molecular weight excluding hydrogens is 1120 g/mol. The number of para-hydroxylation sites is 1. The third kappa shape index (κ3) is 18.7. The molecule has 0 unspecified atom stereocenters. The van der Waals surface area contributed by atoms with Crippen molar-refractivity contribution in [3.63, 3.8) is 0 Å². The van der Waals surface area contributed by atoms with Gasteiger partial charge in [-0.15, -0.1) is 11.3 Å². The lowest BCUT2D eigenvalue weighted by molar-refractivity contribution is -0.146. The van der Waals surface area contributed by atoms with Gasteiger partial charge in [0.25, 0.3) is 0 Å². The van der Waals surface area contributed by atoms with Crippen LogP contribution in [0.15, 0.2) is 97.3 Å². The largest absolute Gasteiger partial charge is 0.455 e. The van der Waals surface area contributed by atoms with Gasteiger partial charge in [0, 0.05) is 57.1 Å². The number of nitrogens with two attached hydrogens (primary N) is 1. The minimum absolute atomic E-state index is 0.0233. The summed E-state index contributed by atoms with van der Waals surface area (Å²) in [4.78, 5) is 71.4. The van der Waals surface area contributed by atoms with E-state index in [-0.39, 0.29) is 75.3 Å². The average molecular weight is 1200 g/mol. The van der Waals surface area contributed by atoms with Crippen molar-refractivity contribution in [3.8, 4) is 33.2 Å². The van der Waals surface area contributed by atoms with E-state index in [0.29, 0.717) is 86.0 Å². The normalized spacial score (nSPS) is 16.1. The van der Waals surface area contributed by atoms with E-state index >= 15 is 0 Å². The van der Waals surface area contributed by atoms with E-state index in [0.717, 1.165) is 85.4 Å². The highest BCUT2D eigenvalue weighted by Gasteiger charge is 2.44. The van der Waals surface area contributed by atoms with Gasteiger partial charge < -0.3 is 59.7 Å². The van der Waals surface area contributed by atoms with Crippen molar-refractivity contribution in [3.05, 3.63) is 109 Å². The number of fused-ring (bicyclic) bond motifs is 1. The first-order valence-electron chi connectivity index (χ1n) is 29.8. The van der Waals surface area contributed by atoms with Crippen LogP contribution < -0.4 is 21.1 Å². The highest BCUT2D eigenvalue weighted by molar-refractivity contribution is 7.13. The summed E-state index contributed by atoms with van der Waals surface area (Å²) in [6.07, 6.45) is 8.11. The molecular formula is C64H84N10O11S. The number of rotatable bonds is 34. The molecule has 2 aliphatic heterocycles. The number of aliphatic hydroxyl groups excluding tert-OH is 1. The van der Waals surface area contributed by atoms with Crippen LogP contribution in [0.1, 0.15) is 89.4 Å². The minimum atomic E-state index is -0.846. The maximum atomic E-state index is 14.0. The number of thiazole rings is 1. The van der Waals surface area contributed by atoms with Crippen molar-refractivity contribution in [1.29, 1.82) is 0 Å². The quantitative estimate of drug-likeness (QED) is 0.0218. The summed E-state index contributed by atoms with van der Waals surface area (Å²) in [6, 6.07) is 22.1. The summed E-state index contributed by atoms with van der Waals surface area (Å²) in [7, 11) is 0. The number of nitrogens with zero attached hydrogens (tertiary/aromatic N) is 7. The number of unbranched alkanes of at least 4 members (excludes halogenated alkanes) is 3. The van der Waals surface area contributed by atoms with Crippen LogP contribution in [0.5, 0.6) is 11.5 Å². The smallest absolute Gasteiger partial charge is 0.247 e. The molecule has 6 aromatic rings. The van der Waals surface area contributed by atoms with E-state index in [2.05, 4.69) is 37.1 Å². The van der Waals surface area contributed by atoms with Gasteiger partial charge in [-0.05, 0) is 92.1 Å². The van der Waals surface area contributed by atoms with Gasteiger partial charge in [-0.1, -0.05) is 82.7 Å². The van der Waals surface area contributed by atoms with Crippen LogP contribution in [-0.2, 0) is 49.4 Å². The highest BCUT2D eigenvalue weighted by Crippen LogP contribution is 2.39. The second-order valence-corrected chi connectivity index (χ2v) is 23.7. The Balaban J connectivity index is 0.622. The van der Waals surface area contributed by atoms with E-state index in [1.54, 1.807) is 17.4 Å². The molecule has 2 saturated heterocycles. The van der Waals surface area contributed by atoms with Crippen LogP contribution in [0, 0.1) is 18.3 Å².